The van der Waals surface area contributed by atoms with Gasteiger partial charge in [0.2, 0.25) is 0 Å². The van der Waals surface area contributed by atoms with Crippen LogP contribution in [0.1, 0.15) is 22.7 Å². The molecule has 0 saturated heterocycles. The Hall–Kier alpha value is -1.82. The second-order valence-corrected chi connectivity index (χ2v) is 3.62. The van der Waals surface area contributed by atoms with Gasteiger partial charge in [0.05, 0.1) is 17.7 Å². The van der Waals surface area contributed by atoms with Gasteiger partial charge in [0.1, 0.15) is 0 Å². The summed E-state index contributed by atoms with van der Waals surface area (Å²) >= 11 is 0. The quantitative estimate of drug-likeness (QED) is 0.883. The van der Waals surface area contributed by atoms with E-state index < -0.39 is 0 Å². The summed E-state index contributed by atoms with van der Waals surface area (Å²) in [5.74, 6) is 0. The molecule has 1 unspecified atom stereocenters. The third-order valence-corrected chi connectivity index (χ3v) is 2.56. The Balaban J connectivity index is 0.00000144. The Labute approximate surface area is 107 Å². The first kappa shape index (κ1) is 13.2. The molecule has 0 aliphatic rings. The molecule has 3 heteroatoms. The lowest BCUT2D eigenvalue weighted by Gasteiger charge is -2.12. The van der Waals surface area contributed by atoms with Crippen LogP contribution in [0, 0.1) is 11.3 Å². The highest BCUT2D eigenvalue weighted by atomic mass is 35.5. The van der Waals surface area contributed by atoms with E-state index in [-0.39, 0.29) is 18.4 Å². The maximum Gasteiger partial charge on any atom is 0.0991 e. The van der Waals surface area contributed by atoms with Crippen molar-refractivity contribution in [3.05, 3.63) is 71.3 Å². The maximum atomic E-state index is 8.70. The highest BCUT2D eigenvalue weighted by Crippen LogP contribution is 2.19. The molecule has 2 rings (SSSR count). The van der Waals surface area contributed by atoms with Gasteiger partial charge in [-0.15, -0.1) is 12.4 Å². The number of nitrogens with two attached hydrogens (primary N) is 1. The van der Waals surface area contributed by atoms with E-state index in [1.54, 1.807) is 12.1 Å². The molecular weight excluding hydrogens is 232 g/mol. The van der Waals surface area contributed by atoms with Crippen molar-refractivity contribution in [2.75, 3.05) is 0 Å². The number of benzene rings is 2. The Kier molecular flexibility index (Phi) is 4.71. The summed E-state index contributed by atoms with van der Waals surface area (Å²) in [6.07, 6.45) is 0. The Bertz CT molecular complexity index is 500. The molecule has 0 bridgehead atoms. The number of halogens is 1. The zero-order valence-electron chi connectivity index (χ0n) is 9.21. The van der Waals surface area contributed by atoms with Gasteiger partial charge in [-0.1, -0.05) is 42.5 Å². The minimum Gasteiger partial charge on any atom is -0.320 e. The molecule has 86 valence electrons. The Morgan fingerprint density at radius 1 is 0.882 bits per heavy atom. The molecule has 0 saturated carbocycles. The van der Waals surface area contributed by atoms with Crippen molar-refractivity contribution in [1.29, 1.82) is 5.26 Å². The monoisotopic (exact) mass is 244 g/mol. The summed E-state index contributed by atoms with van der Waals surface area (Å²) in [4.78, 5) is 0. The number of nitrogens with zero attached hydrogens (tertiary/aromatic N) is 1. The van der Waals surface area contributed by atoms with Crippen LogP contribution < -0.4 is 5.73 Å². The highest BCUT2D eigenvalue weighted by molar-refractivity contribution is 5.85. The third kappa shape index (κ3) is 3.07. The lowest BCUT2D eigenvalue weighted by molar-refractivity contribution is 0.871. The smallest absolute Gasteiger partial charge is 0.0991 e. The van der Waals surface area contributed by atoms with Gasteiger partial charge in [-0.05, 0) is 23.3 Å². The third-order valence-electron chi connectivity index (χ3n) is 2.56. The summed E-state index contributed by atoms with van der Waals surface area (Å²) in [7, 11) is 0. The van der Waals surface area contributed by atoms with Crippen molar-refractivity contribution in [3.63, 3.8) is 0 Å². The van der Waals surface area contributed by atoms with Crippen molar-refractivity contribution >= 4 is 12.4 Å². The number of hydrogen-bond acceptors (Lipinski definition) is 2. The van der Waals surface area contributed by atoms with E-state index in [4.69, 9.17) is 11.0 Å². The van der Waals surface area contributed by atoms with Crippen LogP contribution in [-0.2, 0) is 0 Å². The molecule has 0 heterocycles. The number of nitriles is 1. The second kappa shape index (κ2) is 6.05. The highest BCUT2D eigenvalue weighted by Gasteiger charge is 2.07. The lowest BCUT2D eigenvalue weighted by Crippen LogP contribution is -2.11. The predicted octanol–water partition coefficient (Wildman–Crippen LogP) is 3.03. The van der Waals surface area contributed by atoms with E-state index in [0.717, 1.165) is 11.1 Å². The molecular formula is C14H13ClN2. The summed E-state index contributed by atoms with van der Waals surface area (Å²) in [5.41, 5.74) is 8.88. The molecule has 0 radical (unpaired) electrons. The van der Waals surface area contributed by atoms with Gasteiger partial charge in [-0.3, -0.25) is 0 Å². The van der Waals surface area contributed by atoms with Crippen LogP contribution in [0.5, 0.6) is 0 Å². The molecule has 0 spiro atoms. The number of hydrogen-bond donors (Lipinski definition) is 1. The van der Waals surface area contributed by atoms with Crippen molar-refractivity contribution in [1.82, 2.24) is 0 Å². The molecule has 2 N–H and O–H groups in total. The molecule has 17 heavy (non-hydrogen) atoms. The molecule has 2 aromatic rings. The average Bonchev–Trinajstić information content (AvgIpc) is 2.39. The Morgan fingerprint density at radius 2 is 1.41 bits per heavy atom. The zero-order valence-corrected chi connectivity index (χ0v) is 10.0. The van der Waals surface area contributed by atoms with Gasteiger partial charge in [-0.25, -0.2) is 0 Å². The van der Waals surface area contributed by atoms with E-state index in [1.165, 1.54) is 0 Å². The predicted molar refractivity (Wildman–Crippen MR) is 70.9 cm³/mol. The molecule has 2 aromatic carbocycles. The second-order valence-electron chi connectivity index (χ2n) is 3.62. The van der Waals surface area contributed by atoms with Crippen LogP contribution in [0.15, 0.2) is 54.6 Å². The largest absolute Gasteiger partial charge is 0.320 e. The molecule has 0 amide bonds. The van der Waals surface area contributed by atoms with E-state index in [0.29, 0.717) is 5.56 Å². The van der Waals surface area contributed by atoms with Crippen LogP contribution in [0.25, 0.3) is 0 Å². The fourth-order valence-corrected chi connectivity index (χ4v) is 1.62. The van der Waals surface area contributed by atoms with Crippen LogP contribution in [-0.4, -0.2) is 0 Å². The van der Waals surface area contributed by atoms with E-state index in [1.807, 2.05) is 42.5 Å². The van der Waals surface area contributed by atoms with Gasteiger partial charge in [-0.2, -0.15) is 5.26 Å². The minimum atomic E-state index is -0.131. The maximum absolute atomic E-state index is 8.70. The lowest BCUT2D eigenvalue weighted by atomic mass is 9.99. The fraction of sp³-hybridized carbons (Fsp3) is 0.0714. The standard InChI is InChI=1S/C14H12N2.ClH/c15-10-11-6-8-13(9-7-11)14(16)12-4-2-1-3-5-12;/h1-9,14H,16H2;1H. The van der Waals surface area contributed by atoms with Gasteiger partial charge in [0.15, 0.2) is 0 Å². The van der Waals surface area contributed by atoms with Crippen LogP contribution in [0.3, 0.4) is 0 Å². The first-order valence-corrected chi connectivity index (χ1v) is 5.12. The van der Waals surface area contributed by atoms with Crippen molar-refractivity contribution in [2.45, 2.75) is 6.04 Å². The van der Waals surface area contributed by atoms with E-state index in [9.17, 15) is 0 Å². The Morgan fingerprint density at radius 3 is 1.94 bits per heavy atom. The van der Waals surface area contributed by atoms with Crippen molar-refractivity contribution in [2.24, 2.45) is 5.73 Å². The molecule has 0 aliphatic heterocycles. The van der Waals surface area contributed by atoms with Crippen LogP contribution in [0.2, 0.25) is 0 Å². The van der Waals surface area contributed by atoms with Gasteiger partial charge in [0, 0.05) is 0 Å². The van der Waals surface area contributed by atoms with Gasteiger partial charge in [0.25, 0.3) is 0 Å². The van der Waals surface area contributed by atoms with Crippen LogP contribution >= 0.6 is 12.4 Å². The molecule has 0 fully saturated rings. The first-order valence-electron chi connectivity index (χ1n) is 5.12. The zero-order chi connectivity index (χ0) is 11.4. The topological polar surface area (TPSA) is 49.8 Å². The summed E-state index contributed by atoms with van der Waals surface area (Å²) in [5, 5.41) is 8.70. The molecule has 0 aliphatic carbocycles. The molecule has 1 atom stereocenters. The summed E-state index contributed by atoms with van der Waals surface area (Å²) < 4.78 is 0. The van der Waals surface area contributed by atoms with Crippen molar-refractivity contribution in [3.8, 4) is 6.07 Å². The number of rotatable bonds is 2. The summed E-state index contributed by atoms with van der Waals surface area (Å²) in [6.45, 7) is 0. The van der Waals surface area contributed by atoms with E-state index >= 15 is 0 Å². The van der Waals surface area contributed by atoms with Gasteiger partial charge >= 0.3 is 0 Å². The first-order chi connectivity index (χ1) is 7.81. The molecule has 2 nitrogen and oxygen atoms in total. The SMILES string of the molecule is Cl.N#Cc1ccc(C(N)c2ccccc2)cc1. The molecule has 0 aromatic heterocycles. The van der Waals surface area contributed by atoms with Crippen LogP contribution in [0.4, 0.5) is 0 Å². The average molecular weight is 245 g/mol. The fourth-order valence-electron chi connectivity index (χ4n) is 1.62. The van der Waals surface area contributed by atoms with Crippen molar-refractivity contribution < 1.29 is 0 Å². The van der Waals surface area contributed by atoms with Gasteiger partial charge < -0.3 is 5.73 Å². The summed E-state index contributed by atoms with van der Waals surface area (Å²) in [6, 6.07) is 19.3. The minimum absolute atomic E-state index is 0. The normalized spacial score (nSPS) is 11.1. The van der Waals surface area contributed by atoms with E-state index in [2.05, 4.69) is 6.07 Å².